The zero-order chi connectivity index (χ0) is 9.36. The molecule has 13 heavy (non-hydrogen) atoms. The van der Waals surface area contributed by atoms with Crippen LogP contribution in [0.15, 0.2) is 0 Å². The Morgan fingerprint density at radius 3 is 3.00 bits per heavy atom. The summed E-state index contributed by atoms with van der Waals surface area (Å²) in [5, 5.41) is 3.38. The molecule has 78 valence electrons. The lowest BCUT2D eigenvalue weighted by Crippen LogP contribution is -2.31. The Hall–Kier alpha value is -0.160. The minimum absolute atomic E-state index is 0.627. The molecular weight excluding hydrogens is 166 g/mol. The van der Waals surface area contributed by atoms with Gasteiger partial charge in [0.25, 0.3) is 0 Å². The third kappa shape index (κ3) is 5.21. The van der Waals surface area contributed by atoms with Gasteiger partial charge >= 0.3 is 0 Å². The van der Waals surface area contributed by atoms with Crippen LogP contribution >= 0.6 is 0 Å². The third-order valence-electron chi connectivity index (χ3n) is 2.25. The molecule has 1 aliphatic heterocycles. The molecule has 0 aliphatic carbocycles. The molecule has 1 aliphatic rings. The molecule has 1 saturated heterocycles. The van der Waals surface area contributed by atoms with Gasteiger partial charge in [-0.1, -0.05) is 0 Å². The number of ether oxygens (including phenoxy) is 1. The van der Waals surface area contributed by atoms with E-state index in [0.29, 0.717) is 13.2 Å². The summed E-state index contributed by atoms with van der Waals surface area (Å²) in [5.41, 5.74) is 5.32. The van der Waals surface area contributed by atoms with Gasteiger partial charge in [-0.3, -0.25) is 4.90 Å². The van der Waals surface area contributed by atoms with Gasteiger partial charge in [-0.05, 0) is 19.5 Å². The number of nitrogens with zero attached hydrogens (tertiary/aromatic N) is 1. The van der Waals surface area contributed by atoms with Crippen LogP contribution in [0.25, 0.3) is 0 Å². The van der Waals surface area contributed by atoms with Gasteiger partial charge in [-0.15, -0.1) is 0 Å². The first-order chi connectivity index (χ1) is 6.43. The molecule has 0 amide bonds. The highest BCUT2D eigenvalue weighted by molar-refractivity contribution is 4.65. The van der Waals surface area contributed by atoms with Gasteiger partial charge in [0.1, 0.15) is 0 Å². The minimum atomic E-state index is 0.627. The number of hydrogen-bond donors (Lipinski definition) is 2. The number of hydrogen-bond acceptors (Lipinski definition) is 4. The predicted molar refractivity (Wildman–Crippen MR) is 53.8 cm³/mol. The van der Waals surface area contributed by atoms with E-state index in [1.807, 2.05) is 0 Å². The maximum absolute atomic E-state index is 5.34. The van der Waals surface area contributed by atoms with E-state index >= 15 is 0 Å². The summed E-state index contributed by atoms with van der Waals surface area (Å²) >= 11 is 0. The molecular formula is C9H21N3O. The maximum Gasteiger partial charge on any atom is 0.0594 e. The normalized spacial score (nSPS) is 20.1. The van der Waals surface area contributed by atoms with Crippen molar-refractivity contribution in [1.29, 1.82) is 0 Å². The molecule has 0 spiro atoms. The van der Waals surface area contributed by atoms with Crippen molar-refractivity contribution in [2.75, 3.05) is 52.5 Å². The molecule has 4 heteroatoms. The number of nitrogens with one attached hydrogen (secondary N) is 1. The first-order valence-corrected chi connectivity index (χ1v) is 5.14. The van der Waals surface area contributed by atoms with Crippen LogP contribution in [0.2, 0.25) is 0 Å². The molecule has 0 unspecified atom stereocenters. The average molecular weight is 187 g/mol. The Morgan fingerprint density at radius 1 is 1.23 bits per heavy atom. The highest BCUT2D eigenvalue weighted by Crippen LogP contribution is 1.94. The van der Waals surface area contributed by atoms with Gasteiger partial charge in [0.2, 0.25) is 0 Å². The first kappa shape index (κ1) is 10.9. The van der Waals surface area contributed by atoms with E-state index in [1.54, 1.807) is 0 Å². The summed E-state index contributed by atoms with van der Waals surface area (Å²) in [5.74, 6) is 0. The molecule has 1 heterocycles. The minimum Gasteiger partial charge on any atom is -0.379 e. The van der Waals surface area contributed by atoms with Gasteiger partial charge in [0, 0.05) is 26.2 Å². The second-order valence-corrected chi connectivity index (χ2v) is 3.35. The maximum atomic E-state index is 5.34. The molecule has 1 fully saturated rings. The number of rotatable bonds is 5. The molecule has 0 aromatic rings. The van der Waals surface area contributed by atoms with E-state index in [0.717, 1.165) is 32.8 Å². The van der Waals surface area contributed by atoms with Crippen LogP contribution in [0.5, 0.6) is 0 Å². The van der Waals surface area contributed by atoms with Crippen molar-refractivity contribution in [2.45, 2.75) is 6.42 Å². The SMILES string of the molecule is NCCOCCN1CCCNCC1. The third-order valence-corrected chi connectivity index (χ3v) is 2.25. The molecule has 0 aromatic heterocycles. The molecule has 3 N–H and O–H groups in total. The number of nitrogens with two attached hydrogens (primary N) is 1. The summed E-state index contributed by atoms with van der Waals surface area (Å²) in [7, 11) is 0. The van der Waals surface area contributed by atoms with E-state index in [1.165, 1.54) is 13.0 Å². The Morgan fingerprint density at radius 2 is 2.15 bits per heavy atom. The smallest absolute Gasteiger partial charge is 0.0594 e. The Kier molecular flexibility index (Phi) is 6.10. The van der Waals surface area contributed by atoms with Crippen molar-refractivity contribution in [3.05, 3.63) is 0 Å². The lowest BCUT2D eigenvalue weighted by atomic mass is 10.4. The van der Waals surface area contributed by atoms with Crippen LogP contribution in [0, 0.1) is 0 Å². The van der Waals surface area contributed by atoms with Gasteiger partial charge in [-0.2, -0.15) is 0 Å². The first-order valence-electron chi connectivity index (χ1n) is 5.14. The average Bonchev–Trinajstić information content (AvgIpc) is 2.41. The topological polar surface area (TPSA) is 50.5 Å². The highest BCUT2D eigenvalue weighted by Gasteiger charge is 2.06. The fraction of sp³-hybridized carbons (Fsp3) is 1.00. The Balaban J connectivity index is 1.98. The highest BCUT2D eigenvalue weighted by atomic mass is 16.5. The second kappa shape index (κ2) is 7.26. The molecule has 0 bridgehead atoms. The van der Waals surface area contributed by atoms with E-state index < -0.39 is 0 Å². The lowest BCUT2D eigenvalue weighted by molar-refractivity contribution is 0.111. The largest absolute Gasteiger partial charge is 0.379 e. The zero-order valence-electron chi connectivity index (χ0n) is 8.30. The van der Waals surface area contributed by atoms with Gasteiger partial charge in [0.05, 0.1) is 13.2 Å². The summed E-state index contributed by atoms with van der Waals surface area (Å²) < 4.78 is 5.34. The van der Waals surface area contributed by atoms with E-state index in [2.05, 4.69) is 10.2 Å². The lowest BCUT2D eigenvalue weighted by Gasteiger charge is -2.18. The monoisotopic (exact) mass is 187 g/mol. The van der Waals surface area contributed by atoms with Gasteiger partial charge < -0.3 is 15.8 Å². The quantitative estimate of drug-likeness (QED) is 0.556. The van der Waals surface area contributed by atoms with Crippen molar-refractivity contribution in [1.82, 2.24) is 10.2 Å². The predicted octanol–water partition coefficient (Wildman–Crippen LogP) is -0.743. The van der Waals surface area contributed by atoms with Crippen molar-refractivity contribution in [3.8, 4) is 0 Å². The molecule has 0 saturated carbocycles. The Labute approximate surface area is 80.4 Å². The second-order valence-electron chi connectivity index (χ2n) is 3.35. The van der Waals surface area contributed by atoms with Crippen LogP contribution in [-0.4, -0.2) is 57.4 Å². The van der Waals surface area contributed by atoms with E-state index in [4.69, 9.17) is 10.5 Å². The summed E-state index contributed by atoms with van der Waals surface area (Å²) in [4.78, 5) is 2.44. The van der Waals surface area contributed by atoms with Gasteiger partial charge in [-0.25, -0.2) is 0 Å². The van der Waals surface area contributed by atoms with Crippen LogP contribution in [0.3, 0.4) is 0 Å². The molecule has 4 nitrogen and oxygen atoms in total. The van der Waals surface area contributed by atoms with Crippen LogP contribution < -0.4 is 11.1 Å². The van der Waals surface area contributed by atoms with Crippen molar-refractivity contribution < 1.29 is 4.74 Å². The van der Waals surface area contributed by atoms with Crippen LogP contribution in [0.4, 0.5) is 0 Å². The van der Waals surface area contributed by atoms with Gasteiger partial charge in [0.15, 0.2) is 0 Å². The Bertz CT molecular complexity index is 113. The molecule has 0 atom stereocenters. The van der Waals surface area contributed by atoms with Crippen molar-refractivity contribution in [2.24, 2.45) is 5.73 Å². The molecule has 0 aromatic carbocycles. The molecule has 0 radical (unpaired) electrons. The summed E-state index contributed by atoms with van der Waals surface area (Å²) in [6.07, 6.45) is 1.25. The van der Waals surface area contributed by atoms with E-state index in [-0.39, 0.29) is 0 Å². The van der Waals surface area contributed by atoms with Crippen molar-refractivity contribution >= 4 is 0 Å². The van der Waals surface area contributed by atoms with Crippen LogP contribution in [0.1, 0.15) is 6.42 Å². The van der Waals surface area contributed by atoms with Crippen LogP contribution in [-0.2, 0) is 4.74 Å². The zero-order valence-corrected chi connectivity index (χ0v) is 8.30. The van der Waals surface area contributed by atoms with E-state index in [9.17, 15) is 0 Å². The fourth-order valence-electron chi connectivity index (χ4n) is 1.50. The summed E-state index contributed by atoms with van der Waals surface area (Å²) in [6, 6.07) is 0. The standard InChI is InChI=1S/C9H21N3O/c10-2-8-13-9-7-12-5-1-3-11-4-6-12/h11H,1-10H2. The summed E-state index contributed by atoms with van der Waals surface area (Å²) in [6.45, 7) is 7.77. The fourth-order valence-corrected chi connectivity index (χ4v) is 1.50. The van der Waals surface area contributed by atoms with Crippen molar-refractivity contribution in [3.63, 3.8) is 0 Å². The molecule has 1 rings (SSSR count).